The summed E-state index contributed by atoms with van der Waals surface area (Å²) in [6.07, 6.45) is 5.87. The minimum absolute atomic E-state index is 0.0515. The zero-order valence-electron chi connectivity index (χ0n) is 14.7. The predicted octanol–water partition coefficient (Wildman–Crippen LogP) is 2.34. The smallest absolute Gasteiger partial charge is 0.253 e. The highest BCUT2D eigenvalue weighted by molar-refractivity contribution is 6.03. The van der Waals surface area contributed by atoms with Gasteiger partial charge < -0.3 is 16.0 Å². The van der Waals surface area contributed by atoms with Gasteiger partial charge >= 0.3 is 0 Å². The first-order chi connectivity index (χ1) is 12.7. The lowest BCUT2D eigenvalue weighted by Crippen LogP contribution is -2.25. The van der Waals surface area contributed by atoms with Crippen LogP contribution in [0.5, 0.6) is 0 Å². The molecule has 6 nitrogen and oxygen atoms in total. The molecule has 1 unspecified atom stereocenters. The second kappa shape index (κ2) is 9.10. The van der Waals surface area contributed by atoms with E-state index in [0.29, 0.717) is 30.1 Å². The number of hydrogen-bond acceptors (Lipinski definition) is 4. The maximum atomic E-state index is 12.5. The van der Waals surface area contributed by atoms with E-state index in [2.05, 4.69) is 20.9 Å². The van der Waals surface area contributed by atoms with Crippen LogP contribution in [0.25, 0.3) is 0 Å². The van der Waals surface area contributed by atoms with Crippen LogP contribution in [-0.4, -0.2) is 29.9 Å². The molecule has 2 heterocycles. The number of anilines is 1. The van der Waals surface area contributed by atoms with E-state index in [-0.39, 0.29) is 11.8 Å². The number of hydrogen-bond donors (Lipinski definition) is 3. The number of nitrogens with zero attached hydrogens (tertiary/aromatic N) is 1. The molecule has 0 aliphatic carbocycles. The van der Waals surface area contributed by atoms with E-state index >= 15 is 0 Å². The highest BCUT2D eigenvalue weighted by Crippen LogP contribution is 2.18. The number of pyridine rings is 1. The van der Waals surface area contributed by atoms with Crippen molar-refractivity contribution in [2.75, 3.05) is 18.4 Å². The van der Waals surface area contributed by atoms with Crippen molar-refractivity contribution >= 4 is 17.5 Å². The van der Waals surface area contributed by atoms with E-state index in [1.165, 1.54) is 0 Å². The zero-order valence-corrected chi connectivity index (χ0v) is 14.7. The van der Waals surface area contributed by atoms with Crippen LogP contribution in [-0.2, 0) is 11.3 Å². The Labute approximate surface area is 153 Å². The van der Waals surface area contributed by atoms with Crippen molar-refractivity contribution in [2.45, 2.75) is 25.8 Å². The van der Waals surface area contributed by atoms with E-state index < -0.39 is 0 Å². The van der Waals surface area contributed by atoms with E-state index in [4.69, 9.17) is 0 Å². The summed E-state index contributed by atoms with van der Waals surface area (Å²) in [6.45, 7) is 2.41. The zero-order chi connectivity index (χ0) is 18.2. The monoisotopic (exact) mass is 352 g/mol. The van der Waals surface area contributed by atoms with Gasteiger partial charge in [-0.2, -0.15) is 0 Å². The van der Waals surface area contributed by atoms with E-state index in [9.17, 15) is 9.59 Å². The Morgan fingerprint density at radius 2 is 2.08 bits per heavy atom. The molecule has 6 heteroatoms. The number of rotatable bonds is 7. The second-order valence-electron chi connectivity index (χ2n) is 6.54. The Kier molecular flexibility index (Phi) is 6.33. The lowest BCUT2D eigenvalue weighted by molar-refractivity contribution is -0.116. The molecule has 1 saturated heterocycles. The molecule has 1 fully saturated rings. The van der Waals surface area contributed by atoms with E-state index in [1.807, 2.05) is 18.2 Å². The Morgan fingerprint density at radius 1 is 1.19 bits per heavy atom. The third kappa shape index (κ3) is 5.13. The largest absolute Gasteiger partial charge is 0.348 e. The molecule has 1 aromatic carbocycles. The Balaban J connectivity index is 1.56. The minimum Gasteiger partial charge on any atom is -0.348 e. The molecular weight excluding hydrogens is 328 g/mol. The first-order valence-corrected chi connectivity index (χ1v) is 8.99. The van der Waals surface area contributed by atoms with Crippen LogP contribution >= 0.6 is 0 Å². The first kappa shape index (κ1) is 18.1. The van der Waals surface area contributed by atoms with Gasteiger partial charge in [0, 0.05) is 25.4 Å². The molecule has 2 amide bonds. The summed E-state index contributed by atoms with van der Waals surface area (Å²) >= 11 is 0. The van der Waals surface area contributed by atoms with Crippen molar-refractivity contribution in [1.29, 1.82) is 0 Å². The Hall–Kier alpha value is -2.73. The second-order valence-corrected chi connectivity index (χ2v) is 6.54. The number of carbonyl (C=O) groups is 2. The third-order valence-electron chi connectivity index (χ3n) is 4.56. The fourth-order valence-electron chi connectivity index (χ4n) is 3.08. The quantitative estimate of drug-likeness (QED) is 0.714. The van der Waals surface area contributed by atoms with Gasteiger partial charge in [-0.05, 0) is 55.6 Å². The van der Waals surface area contributed by atoms with Gasteiger partial charge in [0.15, 0.2) is 0 Å². The number of aromatic nitrogens is 1. The van der Waals surface area contributed by atoms with Crippen LogP contribution in [0.4, 0.5) is 5.69 Å². The van der Waals surface area contributed by atoms with Crippen molar-refractivity contribution in [3.8, 4) is 0 Å². The average Bonchev–Trinajstić information content (AvgIpc) is 3.19. The minimum atomic E-state index is -0.218. The van der Waals surface area contributed by atoms with Crippen LogP contribution < -0.4 is 16.0 Å². The highest BCUT2D eigenvalue weighted by atomic mass is 16.2. The number of nitrogens with one attached hydrogen (secondary N) is 3. The van der Waals surface area contributed by atoms with Gasteiger partial charge in [0.05, 0.1) is 11.3 Å². The molecule has 2 aromatic rings. The topological polar surface area (TPSA) is 83.1 Å². The molecule has 26 heavy (non-hydrogen) atoms. The van der Waals surface area contributed by atoms with Gasteiger partial charge in [-0.25, -0.2) is 0 Å². The maximum absolute atomic E-state index is 12.5. The number of carbonyl (C=O) groups excluding carboxylic acids is 2. The molecule has 1 aliphatic heterocycles. The summed E-state index contributed by atoms with van der Waals surface area (Å²) in [6, 6.07) is 10.8. The molecule has 0 bridgehead atoms. The van der Waals surface area contributed by atoms with Gasteiger partial charge in [0.1, 0.15) is 0 Å². The molecule has 136 valence electrons. The van der Waals surface area contributed by atoms with Gasteiger partial charge in [0.2, 0.25) is 5.91 Å². The van der Waals surface area contributed by atoms with E-state index in [1.54, 1.807) is 30.6 Å². The van der Waals surface area contributed by atoms with Crippen molar-refractivity contribution < 1.29 is 9.59 Å². The average molecular weight is 352 g/mol. The van der Waals surface area contributed by atoms with Gasteiger partial charge in [0.25, 0.3) is 5.91 Å². The van der Waals surface area contributed by atoms with Crippen molar-refractivity contribution in [2.24, 2.45) is 5.92 Å². The molecule has 0 radical (unpaired) electrons. The normalized spacial score (nSPS) is 16.2. The van der Waals surface area contributed by atoms with Crippen LogP contribution in [0.1, 0.15) is 35.2 Å². The summed E-state index contributed by atoms with van der Waals surface area (Å²) in [5.41, 5.74) is 1.94. The van der Waals surface area contributed by atoms with Crippen LogP contribution in [0.3, 0.4) is 0 Å². The number of benzene rings is 1. The molecular formula is C20H24N4O2. The van der Waals surface area contributed by atoms with Crippen LogP contribution in [0.15, 0.2) is 48.8 Å². The molecule has 3 rings (SSSR count). The summed E-state index contributed by atoms with van der Waals surface area (Å²) < 4.78 is 0. The molecule has 3 N–H and O–H groups in total. The maximum Gasteiger partial charge on any atom is 0.253 e. The molecule has 0 saturated carbocycles. The Bertz CT molecular complexity index is 742. The summed E-state index contributed by atoms with van der Waals surface area (Å²) in [7, 11) is 0. The van der Waals surface area contributed by atoms with Gasteiger partial charge in [-0.15, -0.1) is 0 Å². The van der Waals surface area contributed by atoms with Crippen LogP contribution in [0, 0.1) is 5.92 Å². The lowest BCUT2D eigenvalue weighted by atomic mass is 10.0. The summed E-state index contributed by atoms with van der Waals surface area (Å²) in [5, 5.41) is 9.06. The third-order valence-corrected chi connectivity index (χ3v) is 4.56. The molecule has 1 aromatic heterocycles. The number of amides is 2. The van der Waals surface area contributed by atoms with Crippen LogP contribution in [0.2, 0.25) is 0 Å². The predicted molar refractivity (Wildman–Crippen MR) is 101 cm³/mol. The molecule has 0 spiro atoms. The lowest BCUT2D eigenvalue weighted by Gasteiger charge is -2.12. The van der Waals surface area contributed by atoms with Crippen molar-refractivity contribution in [3.05, 3.63) is 59.9 Å². The number of para-hydroxylation sites is 1. The van der Waals surface area contributed by atoms with Gasteiger partial charge in [-0.3, -0.25) is 14.6 Å². The summed E-state index contributed by atoms with van der Waals surface area (Å²) in [5.74, 6) is 0.299. The highest BCUT2D eigenvalue weighted by Gasteiger charge is 2.17. The molecule has 1 atom stereocenters. The standard InChI is InChI=1S/C20H24N4O2/c25-19(8-7-15-9-11-22-12-15)24-18-6-2-1-5-17(18)20(26)23-14-16-4-3-10-21-13-16/h1-6,10,13,15,22H,7-9,11-12,14H2,(H,23,26)(H,24,25). The van der Waals surface area contributed by atoms with Crippen molar-refractivity contribution in [3.63, 3.8) is 0 Å². The Morgan fingerprint density at radius 3 is 2.85 bits per heavy atom. The summed E-state index contributed by atoms with van der Waals surface area (Å²) in [4.78, 5) is 28.8. The van der Waals surface area contributed by atoms with Gasteiger partial charge in [-0.1, -0.05) is 18.2 Å². The molecule has 1 aliphatic rings. The SMILES string of the molecule is O=C(CCC1CCNC1)Nc1ccccc1C(=O)NCc1cccnc1. The fourth-order valence-corrected chi connectivity index (χ4v) is 3.08. The van der Waals surface area contributed by atoms with Crippen molar-refractivity contribution in [1.82, 2.24) is 15.6 Å². The first-order valence-electron chi connectivity index (χ1n) is 8.99. The van der Waals surface area contributed by atoms with E-state index in [0.717, 1.165) is 31.5 Å². The fraction of sp³-hybridized carbons (Fsp3) is 0.350.